The molecular formula is C15H22FNO2. The summed E-state index contributed by atoms with van der Waals surface area (Å²) in [5.74, 6) is 0.223. The van der Waals surface area contributed by atoms with Gasteiger partial charge < -0.3 is 15.2 Å². The molecule has 3 nitrogen and oxygen atoms in total. The average molecular weight is 267 g/mol. The zero-order valence-electron chi connectivity index (χ0n) is 11.4. The Kier molecular flexibility index (Phi) is 5.16. The van der Waals surface area contributed by atoms with Gasteiger partial charge in [-0.05, 0) is 38.2 Å². The molecule has 0 bridgehead atoms. The third-order valence-corrected chi connectivity index (χ3v) is 3.68. The Morgan fingerprint density at radius 1 is 1.47 bits per heavy atom. The molecule has 106 valence electrons. The van der Waals surface area contributed by atoms with Crippen molar-refractivity contribution in [1.82, 2.24) is 0 Å². The van der Waals surface area contributed by atoms with Crippen molar-refractivity contribution in [3.63, 3.8) is 0 Å². The van der Waals surface area contributed by atoms with Crippen LogP contribution in [0.4, 0.5) is 4.39 Å². The predicted molar refractivity (Wildman–Crippen MR) is 72.7 cm³/mol. The van der Waals surface area contributed by atoms with Crippen molar-refractivity contribution in [3.05, 3.63) is 29.6 Å². The van der Waals surface area contributed by atoms with Crippen molar-refractivity contribution in [2.75, 3.05) is 13.7 Å². The second-order valence-corrected chi connectivity index (χ2v) is 5.06. The van der Waals surface area contributed by atoms with Crippen molar-refractivity contribution in [1.29, 1.82) is 0 Å². The van der Waals surface area contributed by atoms with Crippen LogP contribution in [-0.4, -0.2) is 19.8 Å². The fourth-order valence-electron chi connectivity index (χ4n) is 2.49. The Bertz CT molecular complexity index is 405. The highest BCUT2D eigenvalue weighted by atomic mass is 19.1. The third-order valence-electron chi connectivity index (χ3n) is 3.68. The molecule has 0 aliphatic carbocycles. The van der Waals surface area contributed by atoms with Crippen LogP contribution in [0.2, 0.25) is 0 Å². The zero-order chi connectivity index (χ0) is 13.7. The molecule has 1 aromatic rings. The maximum absolute atomic E-state index is 13.9. The van der Waals surface area contributed by atoms with E-state index in [-0.39, 0.29) is 11.9 Å². The van der Waals surface area contributed by atoms with Crippen LogP contribution in [0.1, 0.15) is 43.7 Å². The van der Waals surface area contributed by atoms with E-state index >= 15 is 0 Å². The molecule has 0 saturated carbocycles. The Labute approximate surface area is 113 Å². The van der Waals surface area contributed by atoms with Gasteiger partial charge in [0.05, 0.1) is 13.2 Å². The summed E-state index contributed by atoms with van der Waals surface area (Å²) < 4.78 is 24.5. The van der Waals surface area contributed by atoms with Crippen LogP contribution in [0.3, 0.4) is 0 Å². The van der Waals surface area contributed by atoms with Crippen molar-refractivity contribution in [2.45, 2.75) is 44.2 Å². The Morgan fingerprint density at radius 2 is 2.32 bits per heavy atom. The van der Waals surface area contributed by atoms with Gasteiger partial charge in [-0.15, -0.1) is 0 Å². The maximum Gasteiger partial charge on any atom is 0.131 e. The van der Waals surface area contributed by atoms with E-state index in [1.807, 2.05) is 0 Å². The van der Waals surface area contributed by atoms with Gasteiger partial charge in [0, 0.05) is 24.3 Å². The van der Waals surface area contributed by atoms with E-state index < -0.39 is 0 Å². The number of rotatable bonds is 5. The molecule has 0 radical (unpaired) electrons. The van der Waals surface area contributed by atoms with Crippen LogP contribution in [0.15, 0.2) is 18.2 Å². The van der Waals surface area contributed by atoms with E-state index in [2.05, 4.69) is 0 Å². The molecule has 1 heterocycles. The normalized spacial score (nSPS) is 21.1. The smallest absolute Gasteiger partial charge is 0.131 e. The van der Waals surface area contributed by atoms with Gasteiger partial charge in [-0.1, -0.05) is 6.07 Å². The van der Waals surface area contributed by atoms with Gasteiger partial charge in [0.25, 0.3) is 0 Å². The summed E-state index contributed by atoms with van der Waals surface area (Å²) in [5.41, 5.74) is 6.62. The van der Waals surface area contributed by atoms with Crippen molar-refractivity contribution < 1.29 is 13.9 Å². The van der Waals surface area contributed by atoms with Gasteiger partial charge in [-0.3, -0.25) is 0 Å². The second kappa shape index (κ2) is 6.87. The molecule has 0 spiro atoms. The van der Waals surface area contributed by atoms with E-state index in [0.29, 0.717) is 17.4 Å². The molecule has 2 atom stereocenters. The van der Waals surface area contributed by atoms with Gasteiger partial charge in [0.15, 0.2) is 0 Å². The van der Waals surface area contributed by atoms with Crippen LogP contribution in [0.25, 0.3) is 0 Å². The first-order valence-corrected chi connectivity index (χ1v) is 6.91. The lowest BCUT2D eigenvalue weighted by Crippen LogP contribution is -2.21. The monoisotopic (exact) mass is 267 g/mol. The summed E-state index contributed by atoms with van der Waals surface area (Å²) in [4.78, 5) is 0. The second-order valence-electron chi connectivity index (χ2n) is 5.06. The topological polar surface area (TPSA) is 44.5 Å². The molecule has 1 fully saturated rings. The lowest BCUT2D eigenvalue weighted by molar-refractivity contribution is 0.00907. The minimum atomic E-state index is -0.295. The van der Waals surface area contributed by atoms with E-state index in [1.54, 1.807) is 12.1 Å². The van der Waals surface area contributed by atoms with Gasteiger partial charge >= 0.3 is 0 Å². The third kappa shape index (κ3) is 3.91. The number of benzene rings is 1. The summed E-state index contributed by atoms with van der Waals surface area (Å²) >= 11 is 0. The number of halogens is 1. The summed E-state index contributed by atoms with van der Waals surface area (Å²) in [6, 6.07) is 4.55. The Morgan fingerprint density at radius 3 is 2.95 bits per heavy atom. The minimum Gasteiger partial charge on any atom is -0.497 e. The maximum atomic E-state index is 13.9. The number of hydrogen-bond acceptors (Lipinski definition) is 3. The molecule has 2 rings (SSSR count). The molecule has 4 heteroatoms. The number of ether oxygens (including phenoxy) is 2. The van der Waals surface area contributed by atoms with Crippen molar-refractivity contribution in [3.8, 4) is 5.75 Å². The average Bonchev–Trinajstić information content (AvgIpc) is 2.45. The minimum absolute atomic E-state index is 0.281. The highest BCUT2D eigenvalue weighted by molar-refractivity contribution is 5.30. The van der Waals surface area contributed by atoms with E-state index in [0.717, 1.165) is 32.3 Å². The standard InChI is InChI=1S/C15H22FNO2/c1-18-12-5-7-13(14(16)10-12)15(17)8-6-11-4-2-3-9-19-11/h5,7,10-11,15H,2-4,6,8-9,17H2,1H3. The number of methoxy groups -OCH3 is 1. The molecule has 1 aromatic carbocycles. The summed E-state index contributed by atoms with van der Waals surface area (Å²) in [7, 11) is 1.52. The van der Waals surface area contributed by atoms with Crippen LogP contribution < -0.4 is 10.5 Å². The molecular weight excluding hydrogens is 245 g/mol. The van der Waals surface area contributed by atoms with Crippen LogP contribution in [-0.2, 0) is 4.74 Å². The first-order valence-electron chi connectivity index (χ1n) is 6.91. The van der Waals surface area contributed by atoms with Gasteiger partial charge in [0.2, 0.25) is 0 Å². The lowest BCUT2D eigenvalue weighted by atomic mass is 9.97. The zero-order valence-corrected chi connectivity index (χ0v) is 11.4. The van der Waals surface area contributed by atoms with Crippen LogP contribution >= 0.6 is 0 Å². The quantitative estimate of drug-likeness (QED) is 0.891. The Hall–Kier alpha value is -1.13. The number of hydrogen-bond donors (Lipinski definition) is 1. The van der Waals surface area contributed by atoms with E-state index in [1.165, 1.54) is 19.6 Å². The molecule has 1 aliphatic rings. The predicted octanol–water partition coefficient (Wildman–Crippen LogP) is 3.18. The van der Waals surface area contributed by atoms with Crippen LogP contribution in [0, 0.1) is 5.82 Å². The lowest BCUT2D eigenvalue weighted by Gasteiger charge is -2.24. The molecule has 2 unspecified atom stereocenters. The molecule has 1 aliphatic heterocycles. The highest BCUT2D eigenvalue weighted by Crippen LogP contribution is 2.25. The number of nitrogens with two attached hydrogens (primary N) is 1. The summed E-state index contributed by atoms with van der Waals surface area (Å²) in [5, 5.41) is 0. The van der Waals surface area contributed by atoms with Gasteiger partial charge in [-0.25, -0.2) is 4.39 Å². The van der Waals surface area contributed by atoms with Gasteiger partial charge in [-0.2, -0.15) is 0 Å². The SMILES string of the molecule is COc1ccc(C(N)CCC2CCCCO2)c(F)c1. The highest BCUT2D eigenvalue weighted by Gasteiger charge is 2.17. The molecule has 2 N–H and O–H groups in total. The van der Waals surface area contributed by atoms with Gasteiger partial charge in [0.1, 0.15) is 11.6 Å². The molecule has 0 amide bonds. The molecule has 19 heavy (non-hydrogen) atoms. The molecule has 1 saturated heterocycles. The fourth-order valence-corrected chi connectivity index (χ4v) is 2.49. The first-order chi connectivity index (χ1) is 9.20. The Balaban J connectivity index is 1.89. The summed E-state index contributed by atoms with van der Waals surface area (Å²) in [6.45, 7) is 0.844. The van der Waals surface area contributed by atoms with Crippen molar-refractivity contribution in [2.24, 2.45) is 5.73 Å². The van der Waals surface area contributed by atoms with E-state index in [9.17, 15) is 4.39 Å². The van der Waals surface area contributed by atoms with Crippen LogP contribution in [0.5, 0.6) is 5.75 Å². The van der Waals surface area contributed by atoms with E-state index in [4.69, 9.17) is 15.2 Å². The summed E-state index contributed by atoms with van der Waals surface area (Å²) in [6.07, 6.45) is 5.39. The largest absolute Gasteiger partial charge is 0.497 e. The van der Waals surface area contributed by atoms with Crippen molar-refractivity contribution >= 4 is 0 Å². The fraction of sp³-hybridized carbons (Fsp3) is 0.600. The molecule has 0 aromatic heterocycles. The first kappa shape index (κ1) is 14.3.